The van der Waals surface area contributed by atoms with E-state index in [0.717, 1.165) is 0 Å². The maximum atomic E-state index is 2.35. The Labute approximate surface area is 99.2 Å². The summed E-state index contributed by atoms with van der Waals surface area (Å²) < 4.78 is 0.527. The van der Waals surface area contributed by atoms with Crippen LogP contribution >= 0.6 is 11.8 Å². The van der Waals surface area contributed by atoms with E-state index in [9.17, 15) is 0 Å². The standard InChI is InChI=1S/C13H17S2/c1-2-6-12(7-3-1)13-8-4-5-10-15(13)11-9-14-13/h1-3,6-7H,4-5,8-11H2/q+1. The molecule has 0 radical (unpaired) electrons. The molecular weight excluding hydrogens is 220 g/mol. The van der Waals surface area contributed by atoms with Gasteiger partial charge in [-0.3, -0.25) is 0 Å². The van der Waals surface area contributed by atoms with Crippen LogP contribution in [0.15, 0.2) is 30.3 Å². The third kappa shape index (κ3) is 1.62. The monoisotopic (exact) mass is 237 g/mol. The van der Waals surface area contributed by atoms with E-state index in [1.54, 1.807) is 5.56 Å². The van der Waals surface area contributed by atoms with Gasteiger partial charge in [-0.1, -0.05) is 42.1 Å². The molecule has 1 aromatic carbocycles. The smallest absolute Gasteiger partial charge is 0.0924 e. The topological polar surface area (TPSA) is 0 Å². The molecule has 0 bridgehead atoms. The van der Waals surface area contributed by atoms with Gasteiger partial charge in [-0.15, -0.1) is 0 Å². The molecule has 0 N–H and O–H groups in total. The van der Waals surface area contributed by atoms with Gasteiger partial charge in [0, 0.05) is 28.6 Å². The van der Waals surface area contributed by atoms with Crippen LogP contribution in [0, 0.1) is 0 Å². The predicted molar refractivity (Wildman–Crippen MR) is 71.5 cm³/mol. The van der Waals surface area contributed by atoms with E-state index < -0.39 is 0 Å². The van der Waals surface area contributed by atoms with Crippen molar-refractivity contribution >= 4 is 22.7 Å². The molecule has 0 aliphatic carbocycles. The van der Waals surface area contributed by atoms with Crippen LogP contribution in [0.5, 0.6) is 0 Å². The molecule has 3 rings (SSSR count). The predicted octanol–water partition coefficient (Wildman–Crippen LogP) is 3.39. The summed E-state index contributed by atoms with van der Waals surface area (Å²) in [5.74, 6) is 4.35. The number of fused-ring (bicyclic) bond motifs is 1. The Bertz CT molecular complexity index is 336. The maximum Gasteiger partial charge on any atom is 0.198 e. The molecule has 0 amide bonds. The molecule has 2 aliphatic heterocycles. The van der Waals surface area contributed by atoms with Crippen molar-refractivity contribution in [2.45, 2.75) is 23.3 Å². The van der Waals surface area contributed by atoms with Gasteiger partial charge in [0.05, 0.1) is 0 Å². The first kappa shape index (κ1) is 10.1. The first-order valence-electron chi connectivity index (χ1n) is 5.79. The second kappa shape index (κ2) is 4.06. The van der Waals surface area contributed by atoms with Crippen molar-refractivity contribution in [3.8, 4) is 0 Å². The van der Waals surface area contributed by atoms with Crippen molar-refractivity contribution in [3.05, 3.63) is 35.9 Å². The van der Waals surface area contributed by atoms with E-state index in [2.05, 4.69) is 42.1 Å². The van der Waals surface area contributed by atoms with E-state index in [1.165, 1.54) is 36.5 Å². The van der Waals surface area contributed by atoms with E-state index in [1.807, 2.05) is 0 Å². The zero-order valence-corrected chi connectivity index (χ0v) is 10.6. The average Bonchev–Trinajstić information content (AvgIpc) is 2.75. The average molecular weight is 237 g/mol. The minimum Gasteiger partial charge on any atom is -0.0924 e. The molecule has 2 aliphatic rings. The van der Waals surface area contributed by atoms with Gasteiger partial charge in [0.2, 0.25) is 0 Å². The number of rotatable bonds is 1. The molecule has 2 unspecified atom stereocenters. The van der Waals surface area contributed by atoms with Crippen LogP contribution < -0.4 is 0 Å². The Hall–Kier alpha value is -0.0800. The lowest BCUT2D eigenvalue weighted by atomic mass is 10.1. The van der Waals surface area contributed by atoms with Gasteiger partial charge < -0.3 is 0 Å². The molecule has 2 fully saturated rings. The lowest BCUT2D eigenvalue weighted by molar-refractivity contribution is 0.649. The zero-order valence-electron chi connectivity index (χ0n) is 8.95. The highest BCUT2D eigenvalue weighted by atomic mass is 32.2. The summed E-state index contributed by atoms with van der Waals surface area (Å²) in [6.45, 7) is 0. The van der Waals surface area contributed by atoms with Gasteiger partial charge >= 0.3 is 0 Å². The highest BCUT2D eigenvalue weighted by Crippen LogP contribution is 2.54. The summed E-state index contributed by atoms with van der Waals surface area (Å²) in [5, 5.41) is 0. The Morgan fingerprint density at radius 2 is 1.93 bits per heavy atom. The van der Waals surface area contributed by atoms with E-state index in [4.69, 9.17) is 0 Å². The second-order valence-electron chi connectivity index (χ2n) is 4.33. The third-order valence-corrected chi connectivity index (χ3v) is 8.98. The quantitative estimate of drug-likeness (QED) is 0.675. The SMILES string of the molecule is c1ccc(C23CCCC[S+]2CCS3)cc1. The lowest BCUT2D eigenvalue weighted by Crippen LogP contribution is -2.35. The molecule has 2 heterocycles. The van der Waals surface area contributed by atoms with Gasteiger partial charge in [0.25, 0.3) is 0 Å². The van der Waals surface area contributed by atoms with E-state index in [-0.39, 0.29) is 0 Å². The molecule has 0 aromatic heterocycles. The number of benzene rings is 1. The van der Waals surface area contributed by atoms with Gasteiger partial charge in [-0.2, -0.15) is 0 Å². The van der Waals surface area contributed by atoms with Crippen LogP contribution in [0.3, 0.4) is 0 Å². The summed E-state index contributed by atoms with van der Waals surface area (Å²) in [6, 6.07) is 11.3. The highest BCUT2D eigenvalue weighted by Gasteiger charge is 2.54. The maximum absolute atomic E-state index is 2.35. The number of thioether (sulfide) groups is 1. The van der Waals surface area contributed by atoms with Crippen molar-refractivity contribution in [2.75, 3.05) is 17.3 Å². The number of hydrogen-bond acceptors (Lipinski definition) is 1. The minimum atomic E-state index is 0.527. The summed E-state index contributed by atoms with van der Waals surface area (Å²) in [4.78, 5) is 0. The molecule has 0 spiro atoms. The lowest BCUT2D eigenvalue weighted by Gasteiger charge is -2.31. The summed E-state index contributed by atoms with van der Waals surface area (Å²) >= 11 is 2.24. The fourth-order valence-electron chi connectivity index (χ4n) is 2.76. The van der Waals surface area contributed by atoms with Crippen LogP contribution in [0.4, 0.5) is 0 Å². The normalized spacial score (nSPS) is 35.1. The van der Waals surface area contributed by atoms with Crippen molar-refractivity contribution in [3.63, 3.8) is 0 Å². The third-order valence-electron chi connectivity index (χ3n) is 3.49. The van der Waals surface area contributed by atoms with E-state index >= 15 is 0 Å². The van der Waals surface area contributed by atoms with Crippen molar-refractivity contribution in [1.29, 1.82) is 0 Å². The molecule has 2 atom stereocenters. The fourth-order valence-corrected chi connectivity index (χ4v) is 8.55. The Kier molecular flexibility index (Phi) is 2.73. The second-order valence-corrected chi connectivity index (χ2v) is 8.48. The molecule has 15 heavy (non-hydrogen) atoms. The molecule has 1 aromatic rings. The molecule has 80 valence electrons. The van der Waals surface area contributed by atoms with E-state index in [0.29, 0.717) is 15.0 Å². The molecule has 2 saturated heterocycles. The van der Waals surface area contributed by atoms with Crippen LogP contribution in [0.25, 0.3) is 0 Å². The van der Waals surface area contributed by atoms with Crippen molar-refractivity contribution in [1.82, 2.24) is 0 Å². The Morgan fingerprint density at radius 1 is 1.07 bits per heavy atom. The van der Waals surface area contributed by atoms with Crippen LogP contribution in [0.2, 0.25) is 0 Å². The van der Waals surface area contributed by atoms with Crippen LogP contribution in [-0.4, -0.2) is 17.3 Å². The van der Waals surface area contributed by atoms with Gasteiger partial charge in [-0.05, 0) is 12.8 Å². The Morgan fingerprint density at radius 3 is 2.80 bits per heavy atom. The molecular formula is C13H17S2+. The van der Waals surface area contributed by atoms with Crippen LogP contribution in [-0.2, 0) is 15.0 Å². The molecule has 2 heteroatoms. The Balaban J connectivity index is 2.00. The van der Waals surface area contributed by atoms with Crippen LogP contribution in [0.1, 0.15) is 24.8 Å². The van der Waals surface area contributed by atoms with Gasteiger partial charge in [-0.25, -0.2) is 0 Å². The first-order valence-corrected chi connectivity index (χ1v) is 8.34. The van der Waals surface area contributed by atoms with Gasteiger partial charge in [0.1, 0.15) is 11.5 Å². The highest BCUT2D eigenvalue weighted by molar-refractivity contribution is 8.19. The summed E-state index contributed by atoms with van der Waals surface area (Å²) in [7, 11) is 0.668. The van der Waals surface area contributed by atoms with Gasteiger partial charge in [0.15, 0.2) is 4.08 Å². The largest absolute Gasteiger partial charge is 0.198 e. The zero-order chi connectivity index (χ0) is 10.1. The fraction of sp³-hybridized carbons (Fsp3) is 0.538. The first-order chi connectivity index (χ1) is 7.42. The summed E-state index contributed by atoms with van der Waals surface area (Å²) in [6.07, 6.45) is 4.33. The molecule has 0 saturated carbocycles. The molecule has 0 nitrogen and oxygen atoms in total. The summed E-state index contributed by atoms with van der Waals surface area (Å²) in [5.41, 5.74) is 1.61. The number of hydrogen-bond donors (Lipinski definition) is 0. The minimum absolute atomic E-state index is 0.527. The van der Waals surface area contributed by atoms with Crippen molar-refractivity contribution < 1.29 is 0 Å². The van der Waals surface area contributed by atoms with Crippen molar-refractivity contribution in [2.24, 2.45) is 0 Å².